The fraction of sp³-hybridized carbons (Fsp3) is 0. The molecule has 8 heteroatoms. The van der Waals surface area contributed by atoms with E-state index in [1.54, 1.807) is 12.1 Å². The highest BCUT2D eigenvalue weighted by molar-refractivity contribution is 7.71. The first-order valence-electron chi connectivity index (χ1n) is 5.47. The average molecular weight is 290 g/mol. The maximum atomic E-state index is 11.6. The average Bonchev–Trinajstić information content (AvgIpc) is 2.38. The number of nitrogens with two attached hydrogens (primary N) is 1. The molecule has 20 heavy (non-hydrogen) atoms. The van der Waals surface area contributed by atoms with Crippen LogP contribution >= 0.6 is 12.2 Å². The topological polar surface area (TPSA) is 124 Å². The molecule has 0 saturated carbocycles. The van der Waals surface area contributed by atoms with Gasteiger partial charge in [-0.1, -0.05) is 0 Å². The van der Waals surface area contributed by atoms with Crippen molar-refractivity contribution in [2.75, 3.05) is 0 Å². The first-order chi connectivity index (χ1) is 9.47. The lowest BCUT2D eigenvalue weighted by Crippen LogP contribution is -2.13. The first-order valence-corrected chi connectivity index (χ1v) is 5.87. The fourth-order valence-electron chi connectivity index (χ4n) is 1.45. The molecule has 0 aliphatic carbocycles. The van der Waals surface area contributed by atoms with Crippen LogP contribution in [0.1, 0.15) is 15.9 Å². The summed E-state index contributed by atoms with van der Waals surface area (Å²) in [5, 5.41) is 9.57. The van der Waals surface area contributed by atoms with Crippen LogP contribution in [-0.4, -0.2) is 27.2 Å². The van der Waals surface area contributed by atoms with E-state index in [-0.39, 0.29) is 16.2 Å². The molecule has 5 N–H and O–H groups in total. The molecule has 0 aliphatic rings. The summed E-state index contributed by atoms with van der Waals surface area (Å²) < 4.78 is 0.0236. The number of hydrogen-bond acceptors (Lipinski definition) is 5. The van der Waals surface area contributed by atoms with Gasteiger partial charge in [-0.15, -0.1) is 0 Å². The van der Waals surface area contributed by atoms with Crippen molar-refractivity contribution in [3.05, 3.63) is 50.5 Å². The summed E-state index contributed by atoms with van der Waals surface area (Å²) >= 11 is 4.70. The second kappa shape index (κ2) is 5.49. The van der Waals surface area contributed by atoms with Crippen molar-refractivity contribution in [3.63, 3.8) is 0 Å². The van der Waals surface area contributed by atoms with Gasteiger partial charge < -0.3 is 15.8 Å². The largest absolute Gasteiger partial charge is 0.494 e. The van der Waals surface area contributed by atoms with Gasteiger partial charge >= 0.3 is 0 Å². The van der Waals surface area contributed by atoms with E-state index in [1.807, 2.05) is 0 Å². The number of nitrogens with zero attached hydrogens (tertiary/aromatic N) is 1. The van der Waals surface area contributed by atoms with E-state index in [2.05, 4.69) is 15.0 Å². The van der Waals surface area contributed by atoms with E-state index in [9.17, 15) is 14.7 Å². The molecule has 102 valence electrons. The van der Waals surface area contributed by atoms with E-state index >= 15 is 0 Å². The van der Waals surface area contributed by atoms with Crippen molar-refractivity contribution in [1.29, 1.82) is 0 Å². The van der Waals surface area contributed by atoms with Crippen LogP contribution in [0.15, 0.2) is 34.1 Å². The number of aliphatic imine (C=N–C) groups is 1. The summed E-state index contributed by atoms with van der Waals surface area (Å²) in [5.74, 6) is -0.901. The van der Waals surface area contributed by atoms with Crippen molar-refractivity contribution in [2.24, 2.45) is 10.7 Å². The van der Waals surface area contributed by atoms with Crippen LogP contribution in [0.5, 0.6) is 5.88 Å². The number of H-pyrrole nitrogens is 2. The second-order valence-electron chi connectivity index (χ2n) is 3.84. The van der Waals surface area contributed by atoms with E-state index in [0.29, 0.717) is 11.3 Å². The van der Waals surface area contributed by atoms with Crippen LogP contribution < -0.4 is 11.3 Å². The number of carbonyl (C=O) groups is 1. The number of primary amides is 1. The zero-order valence-corrected chi connectivity index (χ0v) is 10.9. The Labute approximate surface area is 117 Å². The highest BCUT2D eigenvalue weighted by Crippen LogP contribution is 2.13. The van der Waals surface area contributed by atoms with Crippen LogP contribution in [0.4, 0.5) is 5.69 Å². The number of aromatic amines is 2. The molecule has 0 radical (unpaired) electrons. The Morgan fingerprint density at radius 2 is 1.95 bits per heavy atom. The van der Waals surface area contributed by atoms with Crippen molar-refractivity contribution in [2.45, 2.75) is 0 Å². The van der Waals surface area contributed by atoms with E-state index in [4.69, 9.17) is 18.0 Å². The van der Waals surface area contributed by atoms with Gasteiger partial charge in [-0.05, 0) is 36.5 Å². The summed E-state index contributed by atoms with van der Waals surface area (Å²) in [5.41, 5.74) is 5.37. The van der Waals surface area contributed by atoms with Crippen molar-refractivity contribution >= 4 is 30.0 Å². The van der Waals surface area contributed by atoms with Crippen LogP contribution in [0.25, 0.3) is 0 Å². The Morgan fingerprint density at radius 3 is 2.50 bits per heavy atom. The van der Waals surface area contributed by atoms with Crippen LogP contribution in [-0.2, 0) is 0 Å². The molecule has 0 aliphatic heterocycles. The highest BCUT2D eigenvalue weighted by Gasteiger charge is 2.04. The van der Waals surface area contributed by atoms with Gasteiger partial charge in [0, 0.05) is 11.8 Å². The Kier molecular flexibility index (Phi) is 3.76. The normalized spacial score (nSPS) is 10.8. The van der Waals surface area contributed by atoms with Crippen LogP contribution in [0.3, 0.4) is 0 Å². The molecule has 1 aromatic heterocycles. The molecule has 2 aromatic rings. The number of aromatic hydroxyl groups is 1. The van der Waals surface area contributed by atoms with Gasteiger partial charge in [0.15, 0.2) is 4.77 Å². The number of hydrogen-bond donors (Lipinski definition) is 4. The zero-order valence-electron chi connectivity index (χ0n) is 10.1. The lowest BCUT2D eigenvalue weighted by molar-refractivity contribution is 0.100. The monoisotopic (exact) mass is 290 g/mol. The minimum Gasteiger partial charge on any atom is -0.494 e. The van der Waals surface area contributed by atoms with Crippen LogP contribution in [0, 0.1) is 4.77 Å². The van der Waals surface area contributed by atoms with E-state index < -0.39 is 11.5 Å². The van der Waals surface area contributed by atoms with Gasteiger partial charge in [0.2, 0.25) is 11.8 Å². The molecule has 1 aromatic carbocycles. The Hall–Kier alpha value is -2.74. The van der Waals surface area contributed by atoms with Crippen LogP contribution in [0.2, 0.25) is 0 Å². The minimum atomic E-state index is -0.552. The second-order valence-corrected chi connectivity index (χ2v) is 4.25. The number of rotatable bonds is 3. The SMILES string of the molecule is NC(=O)c1ccc(N=Cc2c(O)[nH]c(=S)[nH]c2=O)cc1. The van der Waals surface area contributed by atoms with Crippen molar-refractivity contribution in [1.82, 2.24) is 9.97 Å². The summed E-state index contributed by atoms with van der Waals surface area (Å²) in [6.45, 7) is 0. The highest BCUT2D eigenvalue weighted by atomic mass is 32.1. The quantitative estimate of drug-likeness (QED) is 0.497. The molecule has 2 rings (SSSR count). The molecule has 0 atom stereocenters. The Balaban J connectivity index is 2.32. The van der Waals surface area contributed by atoms with Gasteiger partial charge in [0.05, 0.1) is 5.69 Å². The number of amides is 1. The van der Waals surface area contributed by atoms with Gasteiger partial charge in [-0.2, -0.15) is 0 Å². The molecule has 0 fully saturated rings. The maximum Gasteiger partial charge on any atom is 0.264 e. The minimum absolute atomic E-state index is 0.0236. The third kappa shape index (κ3) is 2.98. The fourth-order valence-corrected chi connectivity index (χ4v) is 1.64. The third-order valence-electron chi connectivity index (χ3n) is 2.45. The smallest absolute Gasteiger partial charge is 0.264 e. The molecule has 0 unspecified atom stereocenters. The zero-order chi connectivity index (χ0) is 14.7. The van der Waals surface area contributed by atoms with Gasteiger partial charge in [0.1, 0.15) is 5.56 Å². The Morgan fingerprint density at radius 1 is 1.30 bits per heavy atom. The number of nitrogens with one attached hydrogen (secondary N) is 2. The third-order valence-corrected chi connectivity index (χ3v) is 2.66. The predicted molar refractivity (Wildman–Crippen MR) is 76.1 cm³/mol. The summed E-state index contributed by atoms with van der Waals surface area (Å²) in [6, 6.07) is 6.15. The van der Waals surface area contributed by atoms with Gasteiger partial charge in [0.25, 0.3) is 5.56 Å². The lowest BCUT2D eigenvalue weighted by Gasteiger charge is -1.98. The lowest BCUT2D eigenvalue weighted by atomic mass is 10.2. The molecule has 0 bridgehead atoms. The van der Waals surface area contributed by atoms with Gasteiger partial charge in [-0.25, -0.2) is 0 Å². The first kappa shape index (κ1) is 13.7. The maximum absolute atomic E-state index is 11.6. The standard InChI is InChI=1S/C12H10N4O3S/c13-9(17)6-1-3-7(4-2-6)14-5-8-10(18)15-12(20)16-11(8)19/h1-5H,(H2,13,17)(H3,15,16,18,19,20). The van der Waals surface area contributed by atoms with E-state index in [0.717, 1.165) is 0 Å². The summed E-state index contributed by atoms with van der Waals surface area (Å²) in [4.78, 5) is 31.2. The summed E-state index contributed by atoms with van der Waals surface area (Å²) in [6.07, 6.45) is 1.19. The number of benzene rings is 1. The van der Waals surface area contributed by atoms with Gasteiger partial charge in [-0.3, -0.25) is 19.6 Å². The molecule has 0 saturated heterocycles. The molecular weight excluding hydrogens is 280 g/mol. The number of aromatic nitrogens is 2. The van der Waals surface area contributed by atoms with Crippen molar-refractivity contribution < 1.29 is 9.90 Å². The predicted octanol–water partition coefficient (Wildman–Crippen LogP) is 0.988. The van der Waals surface area contributed by atoms with Crippen molar-refractivity contribution in [3.8, 4) is 5.88 Å². The molecule has 1 amide bonds. The van der Waals surface area contributed by atoms with E-state index in [1.165, 1.54) is 18.3 Å². The summed E-state index contributed by atoms with van der Waals surface area (Å²) in [7, 11) is 0. The molecular formula is C12H10N4O3S. The Bertz CT molecular complexity index is 790. The number of carbonyl (C=O) groups excluding carboxylic acids is 1. The molecule has 0 spiro atoms. The molecule has 1 heterocycles. The molecule has 7 nitrogen and oxygen atoms in total.